The van der Waals surface area contributed by atoms with Gasteiger partial charge in [0, 0.05) is 10.6 Å². The summed E-state index contributed by atoms with van der Waals surface area (Å²) in [5.41, 5.74) is 3.07. The number of halogens is 2. The number of hydrogen-bond donors (Lipinski definition) is 2. The van der Waals surface area contributed by atoms with E-state index in [0.29, 0.717) is 21.7 Å². The Labute approximate surface area is 126 Å². The summed E-state index contributed by atoms with van der Waals surface area (Å²) in [4.78, 5) is 19.1. The van der Waals surface area contributed by atoms with Gasteiger partial charge in [-0.25, -0.2) is 4.98 Å². The molecule has 1 aliphatic carbocycles. The minimum atomic E-state index is -0.0724. The number of rotatable bonds is 2. The van der Waals surface area contributed by atoms with E-state index < -0.39 is 0 Å². The van der Waals surface area contributed by atoms with E-state index in [1.807, 2.05) is 6.92 Å². The SMILES string of the molecule is Cc1c(Cl)ccc(Nc2nc3c(c(=O)[nH]2)CCC3)c1Cl. The summed E-state index contributed by atoms with van der Waals surface area (Å²) in [6.45, 7) is 1.84. The van der Waals surface area contributed by atoms with Crippen LogP contribution in [0, 0.1) is 6.92 Å². The van der Waals surface area contributed by atoms with Crippen molar-refractivity contribution in [3.8, 4) is 0 Å². The van der Waals surface area contributed by atoms with E-state index >= 15 is 0 Å². The van der Waals surface area contributed by atoms with Crippen molar-refractivity contribution in [2.45, 2.75) is 26.2 Å². The number of anilines is 2. The molecule has 0 saturated heterocycles. The van der Waals surface area contributed by atoms with Crippen LogP contribution in [0.15, 0.2) is 16.9 Å². The summed E-state index contributed by atoms with van der Waals surface area (Å²) in [5.74, 6) is 0.416. The molecule has 0 unspecified atom stereocenters. The van der Waals surface area contributed by atoms with Crippen molar-refractivity contribution in [2.24, 2.45) is 0 Å². The van der Waals surface area contributed by atoms with Crippen LogP contribution >= 0.6 is 23.2 Å². The molecule has 0 aliphatic heterocycles. The number of nitrogens with one attached hydrogen (secondary N) is 2. The zero-order valence-corrected chi connectivity index (χ0v) is 12.4. The van der Waals surface area contributed by atoms with E-state index in [2.05, 4.69) is 15.3 Å². The average Bonchev–Trinajstić information content (AvgIpc) is 2.88. The Hall–Kier alpha value is -1.52. The number of fused-ring (bicyclic) bond motifs is 1. The van der Waals surface area contributed by atoms with Gasteiger partial charge in [-0.05, 0) is 43.9 Å². The van der Waals surface area contributed by atoms with Gasteiger partial charge in [-0.15, -0.1) is 0 Å². The smallest absolute Gasteiger partial charge is 0.255 e. The van der Waals surface area contributed by atoms with E-state index in [9.17, 15) is 4.79 Å². The van der Waals surface area contributed by atoms with Crippen LogP contribution in [0.5, 0.6) is 0 Å². The molecular weight excluding hydrogens is 297 g/mol. The maximum absolute atomic E-state index is 11.9. The van der Waals surface area contributed by atoms with Crippen LogP contribution in [0.4, 0.5) is 11.6 Å². The second-order valence-electron chi connectivity index (χ2n) is 4.85. The van der Waals surface area contributed by atoms with Crippen LogP contribution in [0.2, 0.25) is 10.0 Å². The topological polar surface area (TPSA) is 57.8 Å². The Kier molecular flexibility index (Phi) is 3.44. The lowest BCUT2D eigenvalue weighted by atomic mass is 10.2. The van der Waals surface area contributed by atoms with E-state index in [1.165, 1.54) is 0 Å². The molecule has 6 heteroatoms. The summed E-state index contributed by atoms with van der Waals surface area (Å²) in [5, 5.41) is 4.19. The van der Waals surface area contributed by atoms with Gasteiger partial charge in [0.25, 0.3) is 5.56 Å². The highest BCUT2D eigenvalue weighted by Crippen LogP contribution is 2.32. The molecule has 1 aromatic carbocycles. The summed E-state index contributed by atoms with van der Waals surface area (Å²) in [7, 11) is 0. The van der Waals surface area contributed by atoms with Crippen molar-refractivity contribution >= 4 is 34.8 Å². The molecular formula is C14H13Cl2N3O. The van der Waals surface area contributed by atoms with Crippen LogP contribution in [0.25, 0.3) is 0 Å². The van der Waals surface area contributed by atoms with Crippen LogP contribution < -0.4 is 10.9 Å². The van der Waals surface area contributed by atoms with Crippen LogP contribution in [0.3, 0.4) is 0 Å². The molecule has 0 saturated carbocycles. The van der Waals surface area contributed by atoms with Crippen molar-refractivity contribution in [3.63, 3.8) is 0 Å². The fraction of sp³-hybridized carbons (Fsp3) is 0.286. The predicted octanol–water partition coefficient (Wildman–Crippen LogP) is 3.62. The number of benzene rings is 1. The molecule has 104 valence electrons. The summed E-state index contributed by atoms with van der Waals surface area (Å²) in [6, 6.07) is 3.53. The number of hydrogen-bond acceptors (Lipinski definition) is 3. The molecule has 20 heavy (non-hydrogen) atoms. The molecule has 2 aromatic rings. The first-order chi connectivity index (χ1) is 9.56. The molecule has 1 aromatic heterocycles. The third kappa shape index (κ3) is 2.30. The maximum atomic E-state index is 11.9. The Bertz CT molecular complexity index is 740. The number of H-pyrrole nitrogens is 1. The first-order valence-electron chi connectivity index (χ1n) is 6.40. The van der Waals surface area contributed by atoms with Gasteiger partial charge < -0.3 is 5.32 Å². The van der Waals surface area contributed by atoms with E-state index in [-0.39, 0.29) is 5.56 Å². The van der Waals surface area contributed by atoms with Crippen molar-refractivity contribution in [3.05, 3.63) is 49.4 Å². The van der Waals surface area contributed by atoms with Gasteiger partial charge in [0.2, 0.25) is 5.95 Å². The third-order valence-electron chi connectivity index (χ3n) is 3.51. The lowest BCUT2D eigenvalue weighted by Gasteiger charge is -2.11. The fourth-order valence-corrected chi connectivity index (χ4v) is 2.80. The maximum Gasteiger partial charge on any atom is 0.255 e. The Morgan fingerprint density at radius 1 is 1.30 bits per heavy atom. The van der Waals surface area contributed by atoms with Crippen LogP contribution in [0.1, 0.15) is 23.2 Å². The molecule has 3 rings (SSSR count). The van der Waals surface area contributed by atoms with Crippen molar-refractivity contribution in [1.29, 1.82) is 0 Å². The largest absolute Gasteiger partial charge is 0.324 e. The van der Waals surface area contributed by atoms with Crippen LogP contribution in [-0.2, 0) is 12.8 Å². The van der Waals surface area contributed by atoms with Crippen molar-refractivity contribution < 1.29 is 0 Å². The molecule has 1 heterocycles. The molecule has 0 atom stereocenters. The molecule has 0 bridgehead atoms. The molecule has 4 nitrogen and oxygen atoms in total. The second-order valence-corrected chi connectivity index (χ2v) is 5.64. The third-order valence-corrected chi connectivity index (χ3v) is 4.41. The molecule has 0 fully saturated rings. The normalized spacial score (nSPS) is 13.3. The average molecular weight is 310 g/mol. The minimum Gasteiger partial charge on any atom is -0.324 e. The number of nitrogens with zero attached hydrogens (tertiary/aromatic N) is 1. The number of aryl methyl sites for hydroxylation is 1. The Morgan fingerprint density at radius 3 is 2.90 bits per heavy atom. The highest BCUT2D eigenvalue weighted by molar-refractivity contribution is 6.37. The summed E-state index contributed by atoms with van der Waals surface area (Å²) < 4.78 is 0. The monoisotopic (exact) mass is 309 g/mol. The van der Waals surface area contributed by atoms with Crippen molar-refractivity contribution in [1.82, 2.24) is 9.97 Å². The summed E-state index contributed by atoms with van der Waals surface area (Å²) >= 11 is 12.2. The fourth-order valence-electron chi connectivity index (χ4n) is 2.39. The van der Waals surface area contributed by atoms with E-state index in [1.54, 1.807) is 12.1 Å². The van der Waals surface area contributed by atoms with Gasteiger partial charge in [0.05, 0.1) is 16.4 Å². The molecule has 0 amide bonds. The van der Waals surface area contributed by atoms with E-state index in [0.717, 1.165) is 36.1 Å². The summed E-state index contributed by atoms with van der Waals surface area (Å²) in [6.07, 6.45) is 2.63. The highest BCUT2D eigenvalue weighted by atomic mass is 35.5. The zero-order valence-electron chi connectivity index (χ0n) is 10.9. The standard InChI is InChI=1S/C14H13Cl2N3O/c1-7-9(15)5-6-11(12(7)16)18-14-17-10-4-2-3-8(10)13(20)19-14/h5-6H,2-4H2,1H3,(H2,17,18,19,20). The van der Waals surface area contributed by atoms with Gasteiger partial charge in [0.15, 0.2) is 0 Å². The predicted molar refractivity (Wildman–Crippen MR) is 81.4 cm³/mol. The van der Waals surface area contributed by atoms with E-state index in [4.69, 9.17) is 23.2 Å². The lowest BCUT2D eigenvalue weighted by Crippen LogP contribution is -2.16. The number of aromatic amines is 1. The van der Waals surface area contributed by atoms with Gasteiger partial charge >= 0.3 is 0 Å². The quantitative estimate of drug-likeness (QED) is 0.891. The lowest BCUT2D eigenvalue weighted by molar-refractivity contribution is 0.899. The van der Waals surface area contributed by atoms with Gasteiger partial charge in [-0.1, -0.05) is 23.2 Å². The minimum absolute atomic E-state index is 0.0724. The second kappa shape index (κ2) is 5.11. The van der Waals surface area contributed by atoms with Crippen LogP contribution in [-0.4, -0.2) is 9.97 Å². The molecule has 0 radical (unpaired) electrons. The molecule has 0 spiro atoms. The van der Waals surface area contributed by atoms with Crippen molar-refractivity contribution in [2.75, 3.05) is 5.32 Å². The zero-order chi connectivity index (χ0) is 14.3. The first kappa shape index (κ1) is 13.5. The van der Waals surface area contributed by atoms with Gasteiger partial charge in [-0.3, -0.25) is 9.78 Å². The number of aromatic nitrogens is 2. The molecule has 2 N–H and O–H groups in total. The Morgan fingerprint density at radius 2 is 2.10 bits per heavy atom. The highest BCUT2D eigenvalue weighted by Gasteiger charge is 2.17. The first-order valence-corrected chi connectivity index (χ1v) is 7.15. The van der Waals surface area contributed by atoms with Gasteiger partial charge in [-0.2, -0.15) is 0 Å². The van der Waals surface area contributed by atoms with Gasteiger partial charge in [0.1, 0.15) is 0 Å². The molecule has 1 aliphatic rings. The Balaban J connectivity index is 1.98.